The van der Waals surface area contributed by atoms with E-state index in [-0.39, 0.29) is 5.82 Å². The molecule has 0 amide bonds. The number of halogens is 1. The highest BCUT2D eigenvalue weighted by molar-refractivity contribution is 5.17. The SMILES string of the molecule is OC1COCCN(Cc2ccccc2F)C1. The van der Waals surface area contributed by atoms with Crippen LogP contribution in [0.15, 0.2) is 24.3 Å². The first-order chi connectivity index (χ1) is 7.75. The van der Waals surface area contributed by atoms with E-state index in [2.05, 4.69) is 0 Å². The summed E-state index contributed by atoms with van der Waals surface area (Å²) in [5.74, 6) is -0.192. The number of rotatable bonds is 2. The highest BCUT2D eigenvalue weighted by Crippen LogP contribution is 2.11. The Labute approximate surface area is 94.4 Å². The van der Waals surface area contributed by atoms with Gasteiger partial charge >= 0.3 is 0 Å². The van der Waals surface area contributed by atoms with Crippen molar-refractivity contribution in [3.63, 3.8) is 0 Å². The molecule has 0 radical (unpaired) electrons. The van der Waals surface area contributed by atoms with E-state index in [4.69, 9.17) is 4.74 Å². The van der Waals surface area contributed by atoms with Gasteiger partial charge in [-0.2, -0.15) is 0 Å². The van der Waals surface area contributed by atoms with Gasteiger partial charge in [-0.25, -0.2) is 4.39 Å². The van der Waals surface area contributed by atoms with Crippen LogP contribution in [0.5, 0.6) is 0 Å². The van der Waals surface area contributed by atoms with Gasteiger partial charge in [-0.3, -0.25) is 4.90 Å². The summed E-state index contributed by atoms with van der Waals surface area (Å²) in [7, 11) is 0. The Morgan fingerprint density at radius 1 is 1.44 bits per heavy atom. The topological polar surface area (TPSA) is 32.7 Å². The van der Waals surface area contributed by atoms with E-state index in [1.165, 1.54) is 6.07 Å². The molecule has 3 nitrogen and oxygen atoms in total. The lowest BCUT2D eigenvalue weighted by atomic mass is 10.2. The molecule has 1 aromatic rings. The minimum absolute atomic E-state index is 0.192. The number of ether oxygens (including phenoxy) is 1. The molecule has 1 atom stereocenters. The molecule has 1 aliphatic heterocycles. The average molecular weight is 225 g/mol. The molecule has 88 valence electrons. The number of β-amino-alcohol motifs (C(OH)–C–C–N with tert-alkyl or cyclic N) is 1. The third-order valence-electron chi connectivity index (χ3n) is 2.68. The third-order valence-corrected chi connectivity index (χ3v) is 2.68. The lowest BCUT2D eigenvalue weighted by Crippen LogP contribution is -2.32. The van der Waals surface area contributed by atoms with E-state index in [9.17, 15) is 9.50 Å². The van der Waals surface area contributed by atoms with Crippen LogP contribution in [0, 0.1) is 5.82 Å². The minimum Gasteiger partial charge on any atom is -0.389 e. The lowest BCUT2D eigenvalue weighted by molar-refractivity contribution is 0.0562. The monoisotopic (exact) mass is 225 g/mol. The smallest absolute Gasteiger partial charge is 0.127 e. The van der Waals surface area contributed by atoms with Crippen LogP contribution in [0.25, 0.3) is 0 Å². The molecule has 0 bridgehead atoms. The Kier molecular flexibility index (Phi) is 3.88. The maximum atomic E-state index is 13.4. The zero-order valence-corrected chi connectivity index (χ0v) is 9.10. The van der Waals surface area contributed by atoms with Gasteiger partial charge in [0.05, 0.1) is 19.3 Å². The summed E-state index contributed by atoms with van der Waals surface area (Å²) in [5.41, 5.74) is 0.664. The predicted octanol–water partition coefficient (Wildman–Crippen LogP) is 1.02. The van der Waals surface area contributed by atoms with Crippen molar-refractivity contribution >= 4 is 0 Å². The molecule has 1 saturated heterocycles. The van der Waals surface area contributed by atoms with Crippen LogP contribution in [0.4, 0.5) is 4.39 Å². The van der Waals surface area contributed by atoms with Gasteiger partial charge in [0.25, 0.3) is 0 Å². The molecule has 4 heteroatoms. The number of aliphatic hydroxyl groups excluding tert-OH is 1. The quantitative estimate of drug-likeness (QED) is 0.815. The predicted molar refractivity (Wildman–Crippen MR) is 58.5 cm³/mol. The standard InChI is InChI=1S/C12H16FNO2/c13-12-4-2-1-3-10(12)7-14-5-6-16-9-11(15)8-14/h1-4,11,15H,5-9H2. The molecule has 0 saturated carbocycles. The maximum Gasteiger partial charge on any atom is 0.127 e. The van der Waals surface area contributed by atoms with E-state index >= 15 is 0 Å². The normalized spacial score (nSPS) is 23.0. The van der Waals surface area contributed by atoms with E-state index < -0.39 is 6.10 Å². The molecule has 0 aliphatic carbocycles. The van der Waals surface area contributed by atoms with Gasteiger partial charge in [-0.1, -0.05) is 18.2 Å². The summed E-state index contributed by atoms with van der Waals surface area (Å²) in [6, 6.07) is 6.73. The van der Waals surface area contributed by atoms with Crippen molar-refractivity contribution in [2.45, 2.75) is 12.6 Å². The summed E-state index contributed by atoms with van der Waals surface area (Å²) in [6.07, 6.45) is -0.478. The molecule has 1 N–H and O–H groups in total. The van der Waals surface area contributed by atoms with Gasteiger partial charge in [0.2, 0.25) is 0 Å². The largest absolute Gasteiger partial charge is 0.389 e. The molecular formula is C12H16FNO2. The van der Waals surface area contributed by atoms with Gasteiger partial charge in [0, 0.05) is 25.2 Å². The molecule has 1 aromatic carbocycles. The maximum absolute atomic E-state index is 13.4. The van der Waals surface area contributed by atoms with Crippen LogP contribution < -0.4 is 0 Å². The van der Waals surface area contributed by atoms with Crippen LogP contribution in [0.3, 0.4) is 0 Å². The third kappa shape index (κ3) is 3.01. The zero-order valence-electron chi connectivity index (χ0n) is 9.10. The summed E-state index contributed by atoms with van der Waals surface area (Å²) < 4.78 is 18.6. The van der Waals surface area contributed by atoms with E-state index in [0.29, 0.717) is 31.9 Å². The van der Waals surface area contributed by atoms with Crippen molar-refractivity contribution < 1.29 is 14.2 Å². The molecule has 2 rings (SSSR count). The Hall–Kier alpha value is -0.970. The van der Waals surface area contributed by atoms with E-state index in [1.54, 1.807) is 12.1 Å². The number of nitrogens with zero attached hydrogens (tertiary/aromatic N) is 1. The van der Waals surface area contributed by atoms with Gasteiger partial charge in [0.1, 0.15) is 5.82 Å². The summed E-state index contributed by atoms with van der Waals surface area (Å²) in [4.78, 5) is 2.01. The summed E-state index contributed by atoms with van der Waals surface area (Å²) in [5, 5.41) is 9.55. The fourth-order valence-corrected chi connectivity index (χ4v) is 1.87. The lowest BCUT2D eigenvalue weighted by Gasteiger charge is -2.21. The molecule has 1 unspecified atom stereocenters. The molecular weight excluding hydrogens is 209 g/mol. The molecule has 0 aromatic heterocycles. The first-order valence-electron chi connectivity index (χ1n) is 5.47. The highest BCUT2D eigenvalue weighted by atomic mass is 19.1. The second-order valence-electron chi connectivity index (χ2n) is 4.06. The minimum atomic E-state index is -0.478. The Morgan fingerprint density at radius 2 is 2.25 bits per heavy atom. The summed E-state index contributed by atoms with van der Waals surface area (Å²) in [6.45, 7) is 2.74. The second-order valence-corrected chi connectivity index (χ2v) is 4.06. The number of aliphatic hydroxyl groups is 1. The Morgan fingerprint density at radius 3 is 3.06 bits per heavy atom. The van der Waals surface area contributed by atoms with Gasteiger partial charge in [0.15, 0.2) is 0 Å². The highest BCUT2D eigenvalue weighted by Gasteiger charge is 2.17. The Bertz CT molecular complexity index is 346. The molecule has 0 spiro atoms. The first-order valence-corrected chi connectivity index (χ1v) is 5.47. The van der Waals surface area contributed by atoms with E-state index in [0.717, 1.165) is 6.54 Å². The molecule has 1 fully saturated rings. The van der Waals surface area contributed by atoms with Crippen LogP contribution in [-0.4, -0.2) is 42.4 Å². The number of hydrogen-bond acceptors (Lipinski definition) is 3. The van der Waals surface area contributed by atoms with Crippen molar-refractivity contribution in [3.05, 3.63) is 35.6 Å². The van der Waals surface area contributed by atoms with E-state index in [1.807, 2.05) is 11.0 Å². The van der Waals surface area contributed by atoms with Gasteiger partial charge in [-0.15, -0.1) is 0 Å². The Balaban J connectivity index is 2.00. The summed E-state index contributed by atoms with van der Waals surface area (Å²) >= 11 is 0. The first kappa shape index (κ1) is 11.5. The molecule has 16 heavy (non-hydrogen) atoms. The molecule has 1 heterocycles. The van der Waals surface area contributed by atoms with Crippen molar-refractivity contribution in [3.8, 4) is 0 Å². The van der Waals surface area contributed by atoms with Gasteiger partial charge in [-0.05, 0) is 6.07 Å². The van der Waals surface area contributed by atoms with Gasteiger partial charge < -0.3 is 9.84 Å². The second kappa shape index (κ2) is 5.39. The van der Waals surface area contributed by atoms with Crippen LogP contribution in [0.2, 0.25) is 0 Å². The zero-order chi connectivity index (χ0) is 11.4. The van der Waals surface area contributed by atoms with Crippen molar-refractivity contribution in [1.29, 1.82) is 0 Å². The average Bonchev–Trinajstić information content (AvgIpc) is 2.46. The van der Waals surface area contributed by atoms with Crippen LogP contribution in [-0.2, 0) is 11.3 Å². The van der Waals surface area contributed by atoms with Crippen LogP contribution in [0.1, 0.15) is 5.56 Å². The van der Waals surface area contributed by atoms with Crippen molar-refractivity contribution in [2.75, 3.05) is 26.3 Å². The fraction of sp³-hybridized carbons (Fsp3) is 0.500. The molecule has 1 aliphatic rings. The van der Waals surface area contributed by atoms with Crippen molar-refractivity contribution in [1.82, 2.24) is 4.90 Å². The van der Waals surface area contributed by atoms with Crippen molar-refractivity contribution in [2.24, 2.45) is 0 Å². The number of hydrogen-bond donors (Lipinski definition) is 1. The number of benzene rings is 1. The van der Waals surface area contributed by atoms with Crippen LogP contribution >= 0.6 is 0 Å². The fourth-order valence-electron chi connectivity index (χ4n) is 1.87.